The molecule has 3 aromatic carbocycles. The average molecular weight is 551 g/mol. The number of carbonyl (C=O) groups is 1. The maximum absolute atomic E-state index is 13.4. The van der Waals surface area contributed by atoms with E-state index in [4.69, 9.17) is 4.74 Å². The van der Waals surface area contributed by atoms with Gasteiger partial charge in [-0.25, -0.2) is 24.1 Å². The number of amides is 1. The molecule has 1 amide bonds. The number of nitrogens with zero attached hydrogens (tertiary/aromatic N) is 5. The number of rotatable bonds is 7. The van der Waals surface area contributed by atoms with Crippen LogP contribution in [0.15, 0.2) is 90.0 Å². The van der Waals surface area contributed by atoms with Crippen LogP contribution in [0.4, 0.5) is 16.3 Å². The zero-order valence-corrected chi connectivity index (χ0v) is 24.0. The zero-order chi connectivity index (χ0) is 29.1. The van der Waals surface area contributed by atoms with Crippen LogP contribution in [-0.2, 0) is 17.8 Å². The van der Waals surface area contributed by atoms with Crippen molar-refractivity contribution >= 4 is 28.8 Å². The van der Waals surface area contributed by atoms with Gasteiger partial charge in [0, 0.05) is 20.1 Å². The van der Waals surface area contributed by atoms with Crippen LogP contribution in [0.25, 0.3) is 16.9 Å². The van der Waals surface area contributed by atoms with Crippen molar-refractivity contribution in [3.05, 3.63) is 112 Å². The number of H-pyrrole nitrogens is 1. The molecule has 0 unspecified atom stereocenters. The molecule has 41 heavy (non-hydrogen) atoms. The van der Waals surface area contributed by atoms with Gasteiger partial charge in [0.25, 0.3) is 0 Å². The van der Waals surface area contributed by atoms with E-state index in [2.05, 4.69) is 44.1 Å². The van der Waals surface area contributed by atoms with Crippen LogP contribution in [0.2, 0.25) is 0 Å². The number of aromatic nitrogens is 4. The first kappa shape index (κ1) is 27.6. The third-order valence-electron chi connectivity index (χ3n) is 6.67. The summed E-state index contributed by atoms with van der Waals surface area (Å²) in [6.45, 7) is 8.55. The predicted octanol–water partition coefficient (Wildman–Crippen LogP) is 6.00. The Labute approximate surface area is 239 Å². The van der Waals surface area contributed by atoms with Gasteiger partial charge in [0.15, 0.2) is 11.5 Å². The highest BCUT2D eigenvalue weighted by Gasteiger charge is 2.23. The van der Waals surface area contributed by atoms with Gasteiger partial charge in [-0.05, 0) is 56.5 Å². The fraction of sp³-hybridized carbons (Fsp3) is 0.250. The minimum Gasteiger partial charge on any atom is -0.443 e. The maximum Gasteiger partial charge on any atom is 0.414 e. The Hall–Kier alpha value is -4.92. The van der Waals surface area contributed by atoms with Crippen molar-refractivity contribution < 1.29 is 9.53 Å². The van der Waals surface area contributed by atoms with E-state index in [9.17, 15) is 9.59 Å². The molecule has 9 heteroatoms. The second-order valence-electron chi connectivity index (χ2n) is 11.0. The molecular formula is C32H34N6O3. The van der Waals surface area contributed by atoms with E-state index in [0.717, 1.165) is 16.7 Å². The van der Waals surface area contributed by atoms with Gasteiger partial charge >= 0.3 is 11.8 Å². The van der Waals surface area contributed by atoms with Crippen molar-refractivity contribution in [2.24, 2.45) is 0 Å². The van der Waals surface area contributed by atoms with E-state index >= 15 is 0 Å². The summed E-state index contributed by atoms with van der Waals surface area (Å²) in [7, 11) is 1.66. The van der Waals surface area contributed by atoms with Gasteiger partial charge in [-0.1, -0.05) is 66.7 Å². The van der Waals surface area contributed by atoms with Crippen molar-refractivity contribution in [1.82, 2.24) is 19.5 Å². The fourth-order valence-corrected chi connectivity index (χ4v) is 4.73. The molecule has 0 aliphatic rings. The molecule has 0 aliphatic carbocycles. The largest absolute Gasteiger partial charge is 0.443 e. The second-order valence-corrected chi connectivity index (χ2v) is 11.0. The summed E-state index contributed by atoms with van der Waals surface area (Å²) in [5.41, 5.74) is 4.28. The number of ether oxygens (including phenoxy) is 1. The smallest absolute Gasteiger partial charge is 0.414 e. The Morgan fingerprint density at radius 1 is 0.927 bits per heavy atom. The average Bonchev–Trinajstić information content (AvgIpc) is 3.28. The third kappa shape index (κ3) is 6.14. The molecule has 0 saturated carbocycles. The molecule has 2 aromatic heterocycles. The highest BCUT2D eigenvalue weighted by atomic mass is 16.6. The first-order chi connectivity index (χ1) is 19.6. The van der Waals surface area contributed by atoms with Crippen LogP contribution in [0.3, 0.4) is 0 Å². The van der Waals surface area contributed by atoms with Gasteiger partial charge in [-0.3, -0.25) is 4.90 Å². The van der Waals surface area contributed by atoms with E-state index in [-0.39, 0.29) is 5.69 Å². The number of fused-ring (bicyclic) bond motifs is 1. The lowest BCUT2D eigenvalue weighted by Gasteiger charge is -2.26. The summed E-state index contributed by atoms with van der Waals surface area (Å²) in [5, 5.41) is 0. The summed E-state index contributed by atoms with van der Waals surface area (Å²) >= 11 is 0. The zero-order valence-electron chi connectivity index (χ0n) is 24.0. The summed E-state index contributed by atoms with van der Waals surface area (Å²) in [6, 6.07) is 25.8. The number of benzene rings is 3. The lowest BCUT2D eigenvalue weighted by molar-refractivity contribution is 0.0589. The summed E-state index contributed by atoms with van der Waals surface area (Å²) < 4.78 is 7.07. The topological polar surface area (TPSA) is 96.4 Å². The Balaban J connectivity index is 1.58. The Morgan fingerprint density at radius 2 is 1.54 bits per heavy atom. The minimum absolute atomic E-state index is 0.351. The fourth-order valence-electron chi connectivity index (χ4n) is 4.73. The Bertz CT molecular complexity index is 1680. The summed E-state index contributed by atoms with van der Waals surface area (Å²) in [4.78, 5) is 42.0. The number of imidazole rings is 1. The van der Waals surface area contributed by atoms with Crippen LogP contribution in [0, 0.1) is 6.92 Å². The second kappa shape index (κ2) is 11.3. The SMILES string of the molecule is Cc1ccc(-n2c(=O)[nH]c3c(N(Cc4ccccc4)Cc4ccccc4)ncnc32)cc1N(C)C(=O)OC(C)(C)C. The number of nitrogens with one attached hydrogen (secondary N) is 1. The summed E-state index contributed by atoms with van der Waals surface area (Å²) in [6.07, 6.45) is 0.998. The first-order valence-corrected chi connectivity index (χ1v) is 13.5. The molecule has 0 aliphatic heterocycles. The standard InChI is InChI=1S/C32H34N6O3/c1-22-16-17-25(18-26(22)36(5)31(40)41-32(2,3)4)38-29-27(35-30(38)39)28(33-21-34-29)37(19-23-12-8-6-9-13-23)20-24-14-10-7-11-15-24/h6-18,21H,19-20H2,1-5H3,(H,35,39). The number of hydrogen-bond acceptors (Lipinski definition) is 6. The molecule has 1 N–H and O–H groups in total. The quantitative estimate of drug-likeness (QED) is 0.267. The number of anilines is 2. The van der Waals surface area contributed by atoms with Crippen molar-refractivity contribution in [3.8, 4) is 5.69 Å². The van der Waals surface area contributed by atoms with Gasteiger partial charge in [0.1, 0.15) is 17.4 Å². The monoisotopic (exact) mass is 550 g/mol. The van der Waals surface area contributed by atoms with E-state index in [1.165, 1.54) is 15.8 Å². The Morgan fingerprint density at radius 3 is 2.12 bits per heavy atom. The molecule has 5 aromatic rings. The van der Waals surface area contributed by atoms with Crippen LogP contribution >= 0.6 is 0 Å². The van der Waals surface area contributed by atoms with Gasteiger partial charge in [0.05, 0.1) is 11.4 Å². The van der Waals surface area contributed by atoms with Crippen LogP contribution in [0.5, 0.6) is 0 Å². The summed E-state index contributed by atoms with van der Waals surface area (Å²) in [5.74, 6) is 0.622. The predicted molar refractivity (Wildman–Crippen MR) is 162 cm³/mol. The van der Waals surface area contributed by atoms with Crippen molar-refractivity contribution in [2.75, 3.05) is 16.8 Å². The molecule has 0 fully saturated rings. The highest BCUT2D eigenvalue weighted by molar-refractivity contribution is 5.89. The molecule has 210 valence electrons. The first-order valence-electron chi connectivity index (χ1n) is 13.5. The number of carbonyl (C=O) groups excluding carboxylic acids is 1. The molecule has 2 heterocycles. The third-order valence-corrected chi connectivity index (χ3v) is 6.67. The molecule has 0 spiro atoms. The van der Waals surface area contributed by atoms with Gasteiger partial charge in [-0.2, -0.15) is 0 Å². The lowest BCUT2D eigenvalue weighted by Crippen LogP contribution is -2.34. The van der Waals surface area contributed by atoms with E-state index < -0.39 is 11.7 Å². The molecule has 5 rings (SSSR count). The highest BCUT2D eigenvalue weighted by Crippen LogP contribution is 2.28. The molecule has 0 atom stereocenters. The molecular weight excluding hydrogens is 516 g/mol. The molecule has 0 saturated heterocycles. The van der Waals surface area contributed by atoms with Crippen LogP contribution in [0.1, 0.15) is 37.5 Å². The number of aryl methyl sites for hydroxylation is 1. The van der Waals surface area contributed by atoms with Crippen LogP contribution in [-0.4, -0.2) is 38.3 Å². The van der Waals surface area contributed by atoms with Gasteiger partial charge in [-0.15, -0.1) is 0 Å². The molecule has 0 bridgehead atoms. The lowest BCUT2D eigenvalue weighted by atomic mass is 10.1. The van der Waals surface area contributed by atoms with Crippen molar-refractivity contribution in [1.29, 1.82) is 0 Å². The molecule has 9 nitrogen and oxygen atoms in total. The number of hydrogen-bond donors (Lipinski definition) is 1. The van der Waals surface area contributed by atoms with E-state index in [1.54, 1.807) is 13.1 Å². The van der Waals surface area contributed by atoms with Crippen molar-refractivity contribution in [2.45, 2.75) is 46.4 Å². The Kier molecular flexibility index (Phi) is 7.61. The van der Waals surface area contributed by atoms with Crippen molar-refractivity contribution in [3.63, 3.8) is 0 Å². The van der Waals surface area contributed by atoms with Gasteiger partial charge in [0.2, 0.25) is 0 Å². The van der Waals surface area contributed by atoms with E-state index in [0.29, 0.717) is 41.4 Å². The maximum atomic E-state index is 13.4. The number of aromatic amines is 1. The normalized spacial score (nSPS) is 11.4. The molecule has 0 radical (unpaired) electrons. The van der Waals surface area contributed by atoms with E-state index in [1.807, 2.05) is 76.2 Å². The van der Waals surface area contributed by atoms with Gasteiger partial charge < -0.3 is 14.6 Å². The minimum atomic E-state index is -0.636. The van der Waals surface area contributed by atoms with Crippen LogP contribution < -0.4 is 15.5 Å².